The van der Waals surface area contributed by atoms with Gasteiger partial charge in [-0.2, -0.15) is 0 Å². The van der Waals surface area contributed by atoms with E-state index in [-0.39, 0.29) is 5.91 Å². The van der Waals surface area contributed by atoms with Crippen molar-refractivity contribution < 1.29 is 9.21 Å². The Bertz CT molecular complexity index is 494. The predicted octanol–water partition coefficient (Wildman–Crippen LogP) is 2.29. The molecule has 0 radical (unpaired) electrons. The molecule has 1 aromatic rings. The quantitative estimate of drug-likeness (QED) is 0.888. The highest BCUT2D eigenvalue weighted by Gasteiger charge is 2.48. The average molecular weight is 274 g/mol. The van der Waals surface area contributed by atoms with E-state index in [1.807, 2.05) is 0 Å². The summed E-state index contributed by atoms with van der Waals surface area (Å²) >= 11 is 0. The van der Waals surface area contributed by atoms with E-state index in [4.69, 9.17) is 10.2 Å². The van der Waals surface area contributed by atoms with Crippen LogP contribution >= 0.6 is 0 Å². The molecular formula is C16H22N2O2. The third kappa shape index (κ3) is 1.97. The van der Waals surface area contributed by atoms with Gasteiger partial charge in [0.2, 0.25) is 0 Å². The van der Waals surface area contributed by atoms with Gasteiger partial charge in [0.25, 0.3) is 5.91 Å². The largest absolute Gasteiger partial charge is 0.455 e. The first-order valence-electron chi connectivity index (χ1n) is 7.82. The molecule has 0 unspecified atom stereocenters. The van der Waals surface area contributed by atoms with Crippen LogP contribution in [0.1, 0.15) is 48.4 Å². The Balaban J connectivity index is 1.47. The summed E-state index contributed by atoms with van der Waals surface area (Å²) in [6, 6.07) is 3.88. The van der Waals surface area contributed by atoms with Crippen molar-refractivity contribution in [3.63, 3.8) is 0 Å². The van der Waals surface area contributed by atoms with E-state index in [0.29, 0.717) is 35.9 Å². The Morgan fingerprint density at radius 3 is 2.35 bits per heavy atom. The fourth-order valence-corrected chi connectivity index (χ4v) is 4.99. The van der Waals surface area contributed by atoms with Crippen LogP contribution in [0.25, 0.3) is 0 Å². The number of furan rings is 1. The fraction of sp³-hybridized carbons (Fsp3) is 0.688. The van der Waals surface area contributed by atoms with Gasteiger partial charge in [-0.3, -0.25) is 4.79 Å². The van der Waals surface area contributed by atoms with Crippen LogP contribution in [0, 0.1) is 23.7 Å². The highest BCUT2D eigenvalue weighted by atomic mass is 16.4. The van der Waals surface area contributed by atoms with Crippen molar-refractivity contribution in [1.82, 2.24) is 5.32 Å². The molecule has 4 fully saturated rings. The van der Waals surface area contributed by atoms with Gasteiger partial charge in [-0.25, -0.2) is 0 Å². The first kappa shape index (κ1) is 12.5. The van der Waals surface area contributed by atoms with Crippen LogP contribution < -0.4 is 11.1 Å². The lowest BCUT2D eigenvalue weighted by Gasteiger charge is -2.54. The van der Waals surface area contributed by atoms with Crippen molar-refractivity contribution in [2.24, 2.45) is 29.4 Å². The zero-order valence-corrected chi connectivity index (χ0v) is 11.7. The van der Waals surface area contributed by atoms with Gasteiger partial charge in [0.15, 0.2) is 5.76 Å². The normalized spacial score (nSPS) is 38.1. The molecule has 4 saturated carbocycles. The van der Waals surface area contributed by atoms with Gasteiger partial charge >= 0.3 is 0 Å². The van der Waals surface area contributed by atoms with Gasteiger partial charge in [0, 0.05) is 6.04 Å². The van der Waals surface area contributed by atoms with Gasteiger partial charge in [0.1, 0.15) is 5.76 Å². The third-order valence-electron chi connectivity index (χ3n) is 5.61. The van der Waals surface area contributed by atoms with Crippen molar-refractivity contribution in [3.05, 3.63) is 23.7 Å². The zero-order valence-electron chi connectivity index (χ0n) is 11.7. The summed E-state index contributed by atoms with van der Waals surface area (Å²) in [5, 5.41) is 3.24. The molecule has 4 heteroatoms. The molecule has 5 rings (SSSR count). The average Bonchev–Trinajstić information content (AvgIpc) is 2.91. The molecule has 0 saturated heterocycles. The third-order valence-corrected chi connectivity index (χ3v) is 5.61. The SMILES string of the molecule is NCc1ccc(C(=O)NC2C3CC4CC(C3)CC2C4)o1. The number of hydrogen-bond donors (Lipinski definition) is 2. The summed E-state index contributed by atoms with van der Waals surface area (Å²) in [5.41, 5.74) is 5.52. The van der Waals surface area contributed by atoms with Crippen LogP contribution in [-0.2, 0) is 6.54 Å². The summed E-state index contributed by atoms with van der Waals surface area (Å²) in [7, 11) is 0. The second kappa shape index (κ2) is 4.62. The summed E-state index contributed by atoms with van der Waals surface area (Å²) in [5.74, 6) is 4.25. The van der Waals surface area contributed by atoms with Crippen LogP contribution in [0.5, 0.6) is 0 Å². The van der Waals surface area contributed by atoms with Crippen molar-refractivity contribution in [3.8, 4) is 0 Å². The molecule has 0 aliphatic heterocycles. The van der Waals surface area contributed by atoms with Crippen molar-refractivity contribution in [2.75, 3.05) is 0 Å². The van der Waals surface area contributed by atoms with Gasteiger partial charge in [-0.05, 0) is 67.9 Å². The number of nitrogens with one attached hydrogen (secondary N) is 1. The van der Waals surface area contributed by atoms with E-state index in [0.717, 1.165) is 11.8 Å². The van der Waals surface area contributed by atoms with Crippen LogP contribution in [0.3, 0.4) is 0 Å². The molecular weight excluding hydrogens is 252 g/mol. The lowest BCUT2D eigenvalue weighted by Crippen LogP contribution is -2.55. The maximum absolute atomic E-state index is 12.3. The Kier molecular flexibility index (Phi) is 2.88. The molecule has 1 aromatic heterocycles. The predicted molar refractivity (Wildman–Crippen MR) is 74.9 cm³/mol. The molecule has 4 aliphatic carbocycles. The molecule has 0 spiro atoms. The second-order valence-electron chi connectivity index (χ2n) is 6.90. The molecule has 20 heavy (non-hydrogen) atoms. The molecule has 3 N–H and O–H groups in total. The first-order valence-corrected chi connectivity index (χ1v) is 7.82. The topological polar surface area (TPSA) is 68.3 Å². The molecule has 0 aromatic carbocycles. The molecule has 0 atom stereocenters. The van der Waals surface area contributed by atoms with Crippen LogP contribution in [0.2, 0.25) is 0 Å². The minimum absolute atomic E-state index is 0.0674. The number of rotatable bonds is 3. The number of nitrogens with two attached hydrogens (primary N) is 1. The van der Waals surface area contributed by atoms with Gasteiger partial charge < -0.3 is 15.5 Å². The van der Waals surface area contributed by atoms with Crippen molar-refractivity contribution in [1.29, 1.82) is 0 Å². The van der Waals surface area contributed by atoms with Crippen LogP contribution in [0.15, 0.2) is 16.5 Å². The maximum Gasteiger partial charge on any atom is 0.287 e. The minimum Gasteiger partial charge on any atom is -0.455 e. The first-order chi connectivity index (χ1) is 9.72. The Labute approximate surface area is 119 Å². The molecule has 108 valence electrons. The molecule has 1 heterocycles. The number of carbonyl (C=O) groups excluding carboxylic acids is 1. The standard InChI is InChI=1S/C16H22N2O2/c17-8-13-1-2-14(20-13)16(19)18-15-11-4-9-3-10(6-11)7-12(15)5-9/h1-2,9-12,15H,3-8,17H2,(H,18,19). The summed E-state index contributed by atoms with van der Waals surface area (Å²) < 4.78 is 5.45. The van der Waals surface area contributed by atoms with Gasteiger partial charge in [0.05, 0.1) is 6.54 Å². The van der Waals surface area contributed by atoms with E-state index >= 15 is 0 Å². The van der Waals surface area contributed by atoms with E-state index in [9.17, 15) is 4.79 Å². The van der Waals surface area contributed by atoms with E-state index in [1.54, 1.807) is 12.1 Å². The molecule has 4 aliphatic rings. The van der Waals surface area contributed by atoms with Crippen molar-refractivity contribution >= 4 is 5.91 Å². The number of amides is 1. The highest BCUT2D eigenvalue weighted by molar-refractivity contribution is 5.91. The molecule has 4 bridgehead atoms. The summed E-state index contributed by atoms with van der Waals surface area (Å²) in [4.78, 5) is 12.3. The Hall–Kier alpha value is -1.29. The smallest absolute Gasteiger partial charge is 0.287 e. The number of hydrogen-bond acceptors (Lipinski definition) is 3. The Morgan fingerprint density at radius 1 is 1.15 bits per heavy atom. The zero-order chi connectivity index (χ0) is 13.7. The second-order valence-corrected chi connectivity index (χ2v) is 6.90. The lowest BCUT2D eigenvalue weighted by molar-refractivity contribution is -0.0123. The highest BCUT2D eigenvalue weighted by Crippen LogP contribution is 2.53. The summed E-state index contributed by atoms with van der Waals surface area (Å²) in [6.07, 6.45) is 6.67. The van der Waals surface area contributed by atoms with E-state index in [1.165, 1.54) is 32.1 Å². The summed E-state index contributed by atoms with van der Waals surface area (Å²) in [6.45, 7) is 0.339. The van der Waals surface area contributed by atoms with Crippen LogP contribution in [-0.4, -0.2) is 11.9 Å². The van der Waals surface area contributed by atoms with Gasteiger partial charge in [-0.1, -0.05) is 0 Å². The van der Waals surface area contributed by atoms with E-state index < -0.39 is 0 Å². The molecule has 1 amide bonds. The molecule has 4 nitrogen and oxygen atoms in total. The van der Waals surface area contributed by atoms with Gasteiger partial charge in [-0.15, -0.1) is 0 Å². The van der Waals surface area contributed by atoms with Crippen molar-refractivity contribution in [2.45, 2.75) is 44.7 Å². The van der Waals surface area contributed by atoms with E-state index in [2.05, 4.69) is 5.32 Å². The number of carbonyl (C=O) groups is 1. The lowest BCUT2D eigenvalue weighted by atomic mass is 9.54. The monoisotopic (exact) mass is 274 g/mol. The minimum atomic E-state index is -0.0674. The Morgan fingerprint density at radius 2 is 1.80 bits per heavy atom. The maximum atomic E-state index is 12.3. The fourth-order valence-electron chi connectivity index (χ4n) is 4.99. The van der Waals surface area contributed by atoms with Crippen LogP contribution in [0.4, 0.5) is 0 Å².